The van der Waals surface area contributed by atoms with Crippen LogP contribution in [0.4, 0.5) is 4.39 Å². The van der Waals surface area contributed by atoms with Gasteiger partial charge in [-0.3, -0.25) is 9.69 Å². The minimum atomic E-state index is -0.507. The first kappa shape index (κ1) is 17.9. The zero-order valence-corrected chi connectivity index (χ0v) is 14.8. The summed E-state index contributed by atoms with van der Waals surface area (Å²) in [6.07, 6.45) is 3.51. The van der Waals surface area contributed by atoms with E-state index >= 15 is 0 Å². The van der Waals surface area contributed by atoms with Gasteiger partial charge in [0.2, 0.25) is 0 Å². The van der Waals surface area contributed by atoms with Gasteiger partial charge in [-0.15, -0.1) is 0 Å². The van der Waals surface area contributed by atoms with Gasteiger partial charge in [0.15, 0.2) is 0 Å². The topological polar surface area (TPSA) is 32.3 Å². The van der Waals surface area contributed by atoms with E-state index in [1.165, 1.54) is 18.6 Å². The standard InChI is InChI=1S/C20H22ClFN2O/c21-17-10-4-2-8-15(17)19(24-12-6-1-7-13-24)14-23-20(25)16-9-3-5-11-18(16)22/h2-5,8-11,19H,1,6-7,12-14H2,(H,23,25). The van der Waals surface area contributed by atoms with Gasteiger partial charge in [0, 0.05) is 11.6 Å². The monoisotopic (exact) mass is 360 g/mol. The Morgan fingerprint density at radius 1 is 1.08 bits per heavy atom. The molecule has 0 spiro atoms. The van der Waals surface area contributed by atoms with Crippen molar-refractivity contribution in [3.63, 3.8) is 0 Å². The molecule has 2 aromatic rings. The first-order valence-corrected chi connectivity index (χ1v) is 9.06. The molecule has 1 fully saturated rings. The maximum Gasteiger partial charge on any atom is 0.254 e. The molecular weight excluding hydrogens is 339 g/mol. The minimum Gasteiger partial charge on any atom is -0.350 e. The molecule has 1 aliphatic rings. The third-order valence-corrected chi connectivity index (χ3v) is 5.01. The van der Waals surface area contributed by atoms with Crippen LogP contribution in [-0.2, 0) is 0 Å². The van der Waals surface area contributed by atoms with Crippen LogP contribution in [0.1, 0.15) is 41.2 Å². The molecule has 1 heterocycles. The SMILES string of the molecule is O=C(NCC(c1ccccc1Cl)N1CCCCC1)c1ccccc1F. The van der Waals surface area contributed by atoms with Crippen molar-refractivity contribution in [2.24, 2.45) is 0 Å². The third-order valence-electron chi connectivity index (χ3n) is 4.67. The lowest BCUT2D eigenvalue weighted by atomic mass is 10.0. The summed E-state index contributed by atoms with van der Waals surface area (Å²) in [6.45, 7) is 2.35. The van der Waals surface area contributed by atoms with Crippen LogP contribution >= 0.6 is 11.6 Å². The molecule has 5 heteroatoms. The number of amides is 1. The normalized spacial score (nSPS) is 16.4. The molecule has 132 valence electrons. The van der Waals surface area contributed by atoms with E-state index in [2.05, 4.69) is 10.2 Å². The Labute approximate surface area is 152 Å². The van der Waals surface area contributed by atoms with E-state index < -0.39 is 11.7 Å². The van der Waals surface area contributed by atoms with E-state index in [1.807, 2.05) is 24.3 Å². The van der Waals surface area contributed by atoms with Crippen LogP contribution in [-0.4, -0.2) is 30.4 Å². The number of carbonyl (C=O) groups excluding carboxylic acids is 1. The summed E-state index contributed by atoms with van der Waals surface area (Å²) in [5, 5.41) is 3.58. The molecule has 3 nitrogen and oxygen atoms in total. The van der Waals surface area contributed by atoms with Gasteiger partial charge in [0.25, 0.3) is 5.91 Å². The second-order valence-electron chi connectivity index (χ2n) is 6.32. The molecule has 25 heavy (non-hydrogen) atoms. The smallest absolute Gasteiger partial charge is 0.254 e. The van der Waals surface area contributed by atoms with Crippen molar-refractivity contribution in [2.75, 3.05) is 19.6 Å². The summed E-state index contributed by atoms with van der Waals surface area (Å²) < 4.78 is 13.8. The molecule has 0 aliphatic carbocycles. The largest absolute Gasteiger partial charge is 0.350 e. The highest BCUT2D eigenvalue weighted by Crippen LogP contribution is 2.29. The number of likely N-dealkylation sites (tertiary alicyclic amines) is 1. The fraction of sp³-hybridized carbons (Fsp3) is 0.350. The van der Waals surface area contributed by atoms with E-state index in [-0.39, 0.29) is 11.6 Å². The molecule has 0 radical (unpaired) electrons. The van der Waals surface area contributed by atoms with Crippen LogP contribution in [0.5, 0.6) is 0 Å². The van der Waals surface area contributed by atoms with E-state index in [9.17, 15) is 9.18 Å². The van der Waals surface area contributed by atoms with Crippen molar-refractivity contribution >= 4 is 17.5 Å². The van der Waals surface area contributed by atoms with Crippen molar-refractivity contribution in [1.29, 1.82) is 0 Å². The highest BCUT2D eigenvalue weighted by Gasteiger charge is 2.25. The van der Waals surface area contributed by atoms with E-state index in [0.29, 0.717) is 11.6 Å². The van der Waals surface area contributed by atoms with Gasteiger partial charge in [-0.25, -0.2) is 4.39 Å². The lowest BCUT2D eigenvalue weighted by molar-refractivity contribution is 0.0920. The number of piperidine rings is 1. The lowest BCUT2D eigenvalue weighted by Gasteiger charge is -2.35. The number of benzene rings is 2. The van der Waals surface area contributed by atoms with Crippen molar-refractivity contribution in [3.05, 3.63) is 70.5 Å². The average Bonchev–Trinajstić information content (AvgIpc) is 2.64. The molecule has 1 unspecified atom stereocenters. The van der Waals surface area contributed by atoms with Gasteiger partial charge in [0.1, 0.15) is 5.82 Å². The van der Waals surface area contributed by atoms with Crippen LogP contribution in [0.25, 0.3) is 0 Å². The summed E-state index contributed by atoms with van der Waals surface area (Å²) in [7, 11) is 0. The van der Waals surface area contributed by atoms with Gasteiger partial charge < -0.3 is 5.32 Å². The van der Waals surface area contributed by atoms with Gasteiger partial charge in [-0.1, -0.05) is 48.4 Å². The number of hydrogen-bond donors (Lipinski definition) is 1. The number of hydrogen-bond acceptors (Lipinski definition) is 2. The van der Waals surface area contributed by atoms with Crippen molar-refractivity contribution < 1.29 is 9.18 Å². The van der Waals surface area contributed by atoms with Crippen LogP contribution in [0, 0.1) is 5.82 Å². The van der Waals surface area contributed by atoms with E-state index in [4.69, 9.17) is 11.6 Å². The predicted octanol–water partition coefficient (Wildman–Crippen LogP) is 4.44. The summed E-state index contributed by atoms with van der Waals surface area (Å²) >= 11 is 6.40. The molecule has 1 atom stereocenters. The summed E-state index contributed by atoms with van der Waals surface area (Å²) in [6, 6.07) is 13.7. The molecule has 2 aromatic carbocycles. The molecule has 1 N–H and O–H groups in total. The van der Waals surface area contributed by atoms with Gasteiger partial charge in [-0.05, 0) is 49.7 Å². The fourth-order valence-corrected chi connectivity index (χ4v) is 3.60. The Balaban J connectivity index is 1.77. The highest BCUT2D eigenvalue weighted by atomic mass is 35.5. The average molecular weight is 361 g/mol. The third kappa shape index (κ3) is 4.39. The van der Waals surface area contributed by atoms with Crippen molar-refractivity contribution in [3.8, 4) is 0 Å². The van der Waals surface area contributed by atoms with Crippen LogP contribution < -0.4 is 5.32 Å². The number of halogens is 2. The first-order valence-electron chi connectivity index (χ1n) is 8.68. The number of carbonyl (C=O) groups is 1. The van der Waals surface area contributed by atoms with Gasteiger partial charge in [0.05, 0.1) is 11.6 Å². The highest BCUT2D eigenvalue weighted by molar-refractivity contribution is 6.31. The van der Waals surface area contributed by atoms with Crippen LogP contribution in [0.3, 0.4) is 0 Å². The minimum absolute atomic E-state index is 0.00952. The van der Waals surface area contributed by atoms with Crippen molar-refractivity contribution in [1.82, 2.24) is 10.2 Å². The second-order valence-corrected chi connectivity index (χ2v) is 6.73. The Morgan fingerprint density at radius 2 is 1.76 bits per heavy atom. The van der Waals surface area contributed by atoms with E-state index in [1.54, 1.807) is 12.1 Å². The molecule has 0 saturated carbocycles. The predicted molar refractivity (Wildman–Crippen MR) is 98.4 cm³/mol. The Bertz CT molecular complexity index is 731. The van der Waals surface area contributed by atoms with Crippen LogP contribution in [0.15, 0.2) is 48.5 Å². The molecule has 3 rings (SSSR count). The van der Waals surface area contributed by atoms with Crippen molar-refractivity contribution in [2.45, 2.75) is 25.3 Å². The van der Waals surface area contributed by atoms with Gasteiger partial charge >= 0.3 is 0 Å². The first-order chi connectivity index (χ1) is 12.2. The number of nitrogens with one attached hydrogen (secondary N) is 1. The van der Waals surface area contributed by atoms with Crippen LogP contribution in [0.2, 0.25) is 5.02 Å². The fourth-order valence-electron chi connectivity index (χ4n) is 3.34. The molecule has 0 bridgehead atoms. The lowest BCUT2D eigenvalue weighted by Crippen LogP contribution is -2.41. The zero-order valence-electron chi connectivity index (χ0n) is 14.1. The summed E-state index contributed by atoms with van der Waals surface area (Å²) in [5.41, 5.74) is 1.07. The number of nitrogens with zero attached hydrogens (tertiary/aromatic N) is 1. The Morgan fingerprint density at radius 3 is 2.48 bits per heavy atom. The summed E-state index contributed by atoms with van der Waals surface area (Å²) in [5.74, 6) is -0.903. The maximum atomic E-state index is 13.8. The molecule has 1 aliphatic heterocycles. The maximum absolute atomic E-state index is 13.8. The van der Waals surface area contributed by atoms with Gasteiger partial charge in [-0.2, -0.15) is 0 Å². The summed E-state index contributed by atoms with van der Waals surface area (Å²) in [4.78, 5) is 14.7. The van der Waals surface area contributed by atoms with E-state index in [0.717, 1.165) is 31.5 Å². The number of rotatable bonds is 5. The Hall–Kier alpha value is -1.91. The second kappa shape index (κ2) is 8.45. The Kier molecular flexibility index (Phi) is 6.05. The molecular formula is C20H22ClFN2O. The zero-order chi connectivity index (χ0) is 17.6. The molecule has 1 saturated heterocycles. The molecule has 1 amide bonds. The molecule has 0 aromatic heterocycles. The quantitative estimate of drug-likeness (QED) is 0.855.